The Bertz CT molecular complexity index is 488. The van der Waals surface area contributed by atoms with Crippen LogP contribution in [0.4, 0.5) is 0 Å². The Morgan fingerprint density at radius 1 is 1.25 bits per heavy atom. The highest BCUT2D eigenvalue weighted by molar-refractivity contribution is 7.85. The highest BCUT2D eigenvalue weighted by atomic mass is 32.2. The molecule has 0 bridgehead atoms. The maximum absolute atomic E-state index is 11.1. The van der Waals surface area contributed by atoms with Gasteiger partial charge in [-0.15, -0.1) is 0 Å². The number of rotatable bonds is 2. The molecule has 1 N–H and O–H groups in total. The van der Waals surface area contributed by atoms with Crippen LogP contribution in [0.2, 0.25) is 0 Å². The lowest BCUT2D eigenvalue weighted by Gasteiger charge is -2.19. The van der Waals surface area contributed by atoms with E-state index < -0.39 is 10.1 Å². The van der Waals surface area contributed by atoms with Gasteiger partial charge in [-0.2, -0.15) is 8.42 Å². The number of aryl methyl sites for hydroxylation is 1. The van der Waals surface area contributed by atoms with Crippen LogP contribution in [0.3, 0.4) is 0 Å². The fraction of sp³-hybridized carbons (Fsp3) is 0.455. The van der Waals surface area contributed by atoms with Gasteiger partial charge in [-0.25, -0.2) is 0 Å². The van der Waals surface area contributed by atoms with E-state index in [0.717, 1.165) is 36.8 Å². The molecule has 0 saturated heterocycles. The Hall–Kier alpha value is -1.07. The zero-order valence-electron chi connectivity index (χ0n) is 9.06. The summed E-state index contributed by atoms with van der Waals surface area (Å²) in [5.74, 6) is 0.560. The molecule has 1 aliphatic rings. The third-order valence-electron chi connectivity index (χ3n) is 2.92. The van der Waals surface area contributed by atoms with Gasteiger partial charge in [0.25, 0.3) is 10.1 Å². The van der Waals surface area contributed by atoms with Crippen LogP contribution in [0.1, 0.15) is 24.0 Å². The van der Waals surface area contributed by atoms with E-state index in [1.54, 1.807) is 6.07 Å². The molecule has 0 saturated carbocycles. The Morgan fingerprint density at radius 3 is 2.56 bits per heavy atom. The van der Waals surface area contributed by atoms with Gasteiger partial charge < -0.3 is 4.74 Å². The van der Waals surface area contributed by atoms with E-state index in [-0.39, 0.29) is 4.90 Å². The first-order valence-electron chi connectivity index (χ1n) is 5.19. The molecule has 5 heteroatoms. The molecule has 0 fully saturated rings. The maximum atomic E-state index is 11.1. The van der Waals surface area contributed by atoms with Crippen LogP contribution in [-0.2, 0) is 23.0 Å². The SMILES string of the molecule is COc1cc(S(=O)(=O)O)cc2c1CCCC2. The first-order valence-corrected chi connectivity index (χ1v) is 6.63. The Balaban J connectivity index is 2.61. The summed E-state index contributed by atoms with van der Waals surface area (Å²) in [6.45, 7) is 0. The zero-order chi connectivity index (χ0) is 11.8. The number of methoxy groups -OCH3 is 1. The third-order valence-corrected chi connectivity index (χ3v) is 3.75. The van der Waals surface area contributed by atoms with Gasteiger partial charge in [-0.3, -0.25) is 4.55 Å². The minimum absolute atomic E-state index is 0.0787. The van der Waals surface area contributed by atoms with E-state index in [1.165, 1.54) is 13.2 Å². The van der Waals surface area contributed by atoms with Crippen molar-refractivity contribution in [1.82, 2.24) is 0 Å². The normalized spacial score (nSPS) is 15.6. The van der Waals surface area contributed by atoms with Crippen molar-refractivity contribution in [3.05, 3.63) is 23.3 Å². The molecule has 1 aliphatic carbocycles. The van der Waals surface area contributed by atoms with Gasteiger partial charge in [0, 0.05) is 6.07 Å². The van der Waals surface area contributed by atoms with Crippen molar-refractivity contribution in [2.24, 2.45) is 0 Å². The molecule has 0 heterocycles. The molecule has 88 valence electrons. The predicted molar refractivity (Wildman–Crippen MR) is 59.5 cm³/mol. The smallest absolute Gasteiger partial charge is 0.294 e. The standard InChI is InChI=1S/C11H14O4S/c1-15-11-7-9(16(12,13)14)6-8-4-2-3-5-10(8)11/h6-7H,2-5H2,1H3,(H,12,13,14). The van der Waals surface area contributed by atoms with Crippen molar-refractivity contribution >= 4 is 10.1 Å². The summed E-state index contributed by atoms with van der Waals surface area (Å²) in [7, 11) is -2.64. The van der Waals surface area contributed by atoms with Gasteiger partial charge in [0.05, 0.1) is 12.0 Å². The maximum Gasteiger partial charge on any atom is 0.294 e. The quantitative estimate of drug-likeness (QED) is 0.803. The van der Waals surface area contributed by atoms with Gasteiger partial charge >= 0.3 is 0 Å². The van der Waals surface area contributed by atoms with Crippen LogP contribution in [0.5, 0.6) is 5.75 Å². The minimum atomic E-state index is -4.15. The monoisotopic (exact) mass is 242 g/mol. The summed E-state index contributed by atoms with van der Waals surface area (Å²) >= 11 is 0. The average molecular weight is 242 g/mol. The fourth-order valence-electron chi connectivity index (χ4n) is 2.13. The van der Waals surface area contributed by atoms with Crippen molar-refractivity contribution in [3.63, 3.8) is 0 Å². The van der Waals surface area contributed by atoms with Gasteiger partial charge in [-0.1, -0.05) is 0 Å². The lowest BCUT2D eigenvalue weighted by Crippen LogP contribution is -2.08. The van der Waals surface area contributed by atoms with Gasteiger partial charge in [0.1, 0.15) is 5.75 Å². The number of ether oxygens (including phenoxy) is 1. The molecule has 0 spiro atoms. The number of fused-ring (bicyclic) bond motifs is 1. The van der Waals surface area contributed by atoms with Crippen LogP contribution in [0.25, 0.3) is 0 Å². The Morgan fingerprint density at radius 2 is 1.94 bits per heavy atom. The van der Waals surface area contributed by atoms with Crippen LogP contribution >= 0.6 is 0 Å². The summed E-state index contributed by atoms with van der Waals surface area (Å²) in [6, 6.07) is 2.94. The van der Waals surface area contributed by atoms with E-state index in [4.69, 9.17) is 9.29 Å². The minimum Gasteiger partial charge on any atom is -0.496 e. The van der Waals surface area contributed by atoms with Crippen molar-refractivity contribution in [3.8, 4) is 5.75 Å². The molecule has 0 atom stereocenters. The Kier molecular flexibility index (Phi) is 2.90. The van der Waals surface area contributed by atoms with Crippen molar-refractivity contribution in [1.29, 1.82) is 0 Å². The summed E-state index contributed by atoms with van der Waals surface area (Å²) < 4.78 is 36.4. The summed E-state index contributed by atoms with van der Waals surface area (Å²) in [6.07, 6.45) is 3.89. The summed E-state index contributed by atoms with van der Waals surface area (Å²) in [5.41, 5.74) is 2.04. The van der Waals surface area contributed by atoms with Crippen molar-refractivity contribution < 1.29 is 17.7 Å². The predicted octanol–water partition coefficient (Wildman–Crippen LogP) is 1.82. The number of hydrogen-bond acceptors (Lipinski definition) is 3. The molecular weight excluding hydrogens is 228 g/mol. The molecular formula is C11H14O4S. The van der Waals surface area contributed by atoms with E-state index >= 15 is 0 Å². The molecule has 0 unspecified atom stereocenters. The van der Waals surface area contributed by atoms with E-state index in [0.29, 0.717) is 5.75 Å². The molecule has 0 aromatic heterocycles. The van der Waals surface area contributed by atoms with Crippen LogP contribution in [0, 0.1) is 0 Å². The van der Waals surface area contributed by atoms with Crippen molar-refractivity contribution in [2.45, 2.75) is 30.6 Å². The summed E-state index contributed by atoms with van der Waals surface area (Å²) in [4.78, 5) is -0.0787. The number of hydrogen-bond donors (Lipinski definition) is 1. The topological polar surface area (TPSA) is 63.6 Å². The van der Waals surface area contributed by atoms with Crippen LogP contribution in [-0.4, -0.2) is 20.1 Å². The fourth-order valence-corrected chi connectivity index (χ4v) is 2.68. The van der Waals surface area contributed by atoms with Gasteiger partial charge in [0.2, 0.25) is 0 Å². The molecule has 2 rings (SSSR count). The number of benzene rings is 1. The van der Waals surface area contributed by atoms with Crippen LogP contribution < -0.4 is 4.74 Å². The molecule has 1 aromatic rings. The molecule has 4 nitrogen and oxygen atoms in total. The first-order chi connectivity index (χ1) is 7.52. The second kappa shape index (κ2) is 4.07. The van der Waals surface area contributed by atoms with Crippen LogP contribution in [0.15, 0.2) is 17.0 Å². The average Bonchev–Trinajstić information content (AvgIpc) is 2.26. The first kappa shape index (κ1) is 11.4. The summed E-state index contributed by atoms with van der Waals surface area (Å²) in [5, 5.41) is 0. The lowest BCUT2D eigenvalue weighted by molar-refractivity contribution is 0.403. The molecule has 0 radical (unpaired) electrons. The molecule has 1 aromatic carbocycles. The van der Waals surface area contributed by atoms with Gasteiger partial charge in [0.15, 0.2) is 0 Å². The van der Waals surface area contributed by atoms with Crippen molar-refractivity contribution in [2.75, 3.05) is 7.11 Å². The largest absolute Gasteiger partial charge is 0.496 e. The molecule has 16 heavy (non-hydrogen) atoms. The van der Waals surface area contributed by atoms with E-state index in [2.05, 4.69) is 0 Å². The molecule has 0 amide bonds. The van der Waals surface area contributed by atoms with Gasteiger partial charge in [-0.05, 0) is 42.9 Å². The van der Waals surface area contributed by atoms with E-state index in [1.807, 2.05) is 0 Å². The third kappa shape index (κ3) is 2.05. The lowest BCUT2D eigenvalue weighted by atomic mass is 9.91. The zero-order valence-corrected chi connectivity index (χ0v) is 9.88. The Labute approximate surface area is 95.0 Å². The van der Waals surface area contributed by atoms with E-state index in [9.17, 15) is 8.42 Å². The highest BCUT2D eigenvalue weighted by Gasteiger charge is 2.19. The highest BCUT2D eigenvalue weighted by Crippen LogP contribution is 2.32. The second-order valence-corrected chi connectivity index (χ2v) is 5.37. The second-order valence-electron chi connectivity index (χ2n) is 3.95. The molecule has 0 aliphatic heterocycles.